The van der Waals surface area contributed by atoms with Crippen molar-refractivity contribution in [3.63, 3.8) is 0 Å². The summed E-state index contributed by atoms with van der Waals surface area (Å²) in [7, 11) is 0. The maximum Gasteiger partial charge on any atom is 0.416 e. The van der Waals surface area contributed by atoms with Crippen molar-refractivity contribution in [3.05, 3.63) is 222 Å². The molecule has 0 bridgehead atoms. The van der Waals surface area contributed by atoms with Gasteiger partial charge in [0, 0.05) is 63.6 Å². The number of halogens is 12. The van der Waals surface area contributed by atoms with Gasteiger partial charge >= 0.3 is 24.7 Å². The zero-order chi connectivity index (χ0) is 56.9. The Morgan fingerprint density at radius 3 is 1.07 bits per heavy atom. The molecule has 4 heterocycles. The smallest absolute Gasteiger partial charge is 0.306 e. The molecule has 0 saturated carbocycles. The van der Waals surface area contributed by atoms with Gasteiger partial charge < -0.3 is 13.7 Å². The molecule has 0 N–H and O–H groups in total. The number of fused-ring (bicyclic) bond motifs is 12. The van der Waals surface area contributed by atoms with Gasteiger partial charge in [0.05, 0.1) is 78.0 Å². The standard InChI is InChI=1S/C65H32F12N4S/c66-62(67,68)36-19-23-50-42(27-36)43-28-37(63(69,70)71)20-24-51(43)79(50)59-57(34-11-3-1-4-12-34)48(33-78)58(35-13-5-2-6-14-35)60(80-52-25-21-38(64(72,73)74)29-44(52)45-30-39(65(75,76)77)22-26-53(45)80)61(59)81-49-17-9-7-15-40(49)46-32-56-47(31-54(46)81)41-16-8-10-18-55(41)82-56/h1-32H. The summed E-state index contributed by atoms with van der Waals surface area (Å²) in [5, 5.41) is 14.1. The molecule has 0 aliphatic carbocycles. The van der Waals surface area contributed by atoms with E-state index >= 15 is 0 Å². The van der Waals surface area contributed by atoms with E-state index in [0.29, 0.717) is 32.9 Å². The molecule has 82 heavy (non-hydrogen) atoms. The summed E-state index contributed by atoms with van der Waals surface area (Å²) < 4.78 is 186. The van der Waals surface area contributed by atoms with Crippen LogP contribution in [0.2, 0.25) is 0 Å². The predicted octanol–water partition coefficient (Wildman–Crippen LogP) is 20.6. The zero-order valence-corrected chi connectivity index (χ0v) is 42.5. The van der Waals surface area contributed by atoms with E-state index in [1.807, 2.05) is 59.2 Å². The van der Waals surface area contributed by atoms with Crippen molar-refractivity contribution in [2.24, 2.45) is 0 Å². The molecule has 0 atom stereocenters. The summed E-state index contributed by atoms with van der Waals surface area (Å²) >= 11 is 1.54. The molecule has 0 saturated heterocycles. The lowest BCUT2D eigenvalue weighted by atomic mass is 9.87. The fraction of sp³-hybridized carbons (Fsp3) is 0.0615. The summed E-state index contributed by atoms with van der Waals surface area (Å²) in [6.07, 6.45) is -19.9. The highest BCUT2D eigenvalue weighted by Gasteiger charge is 2.39. The lowest BCUT2D eigenvalue weighted by Gasteiger charge is -2.29. The fourth-order valence-electron chi connectivity index (χ4n) is 11.9. The first-order chi connectivity index (χ1) is 39.2. The Kier molecular flexibility index (Phi) is 11.0. The van der Waals surface area contributed by atoms with Gasteiger partial charge in [-0.2, -0.15) is 57.9 Å². The molecule has 17 heteroatoms. The van der Waals surface area contributed by atoms with Crippen LogP contribution in [0.5, 0.6) is 0 Å². The average Bonchev–Trinajstić information content (AvgIpc) is 4.16. The third-order valence-corrected chi connectivity index (χ3v) is 16.5. The summed E-state index contributed by atoms with van der Waals surface area (Å²) in [4.78, 5) is 0. The van der Waals surface area contributed by atoms with Crippen molar-refractivity contribution < 1.29 is 52.7 Å². The van der Waals surface area contributed by atoms with E-state index in [0.717, 1.165) is 93.0 Å². The second-order valence-corrected chi connectivity index (χ2v) is 21.0. The normalized spacial score (nSPS) is 12.9. The molecule has 0 spiro atoms. The molecule has 0 radical (unpaired) electrons. The Morgan fingerprint density at radius 2 is 0.659 bits per heavy atom. The third kappa shape index (κ3) is 7.68. The van der Waals surface area contributed by atoms with Gasteiger partial charge in [-0.15, -0.1) is 11.3 Å². The van der Waals surface area contributed by atoms with Crippen LogP contribution in [0.1, 0.15) is 27.8 Å². The molecule has 10 aromatic carbocycles. The molecule has 0 unspecified atom stereocenters. The number of alkyl halides is 12. The highest BCUT2D eigenvalue weighted by molar-refractivity contribution is 7.25. The second-order valence-electron chi connectivity index (χ2n) is 19.9. The summed E-state index contributed by atoms with van der Waals surface area (Å²) in [6, 6.07) is 49.2. The molecular weight excluding hydrogens is 1100 g/mol. The summed E-state index contributed by atoms with van der Waals surface area (Å²) in [6.45, 7) is 0. The minimum atomic E-state index is -4.97. The van der Waals surface area contributed by atoms with Gasteiger partial charge in [0.2, 0.25) is 0 Å². The van der Waals surface area contributed by atoms with Crippen molar-refractivity contribution in [1.29, 1.82) is 5.26 Å². The molecule has 4 nitrogen and oxygen atoms in total. The van der Waals surface area contributed by atoms with Crippen LogP contribution >= 0.6 is 11.3 Å². The van der Waals surface area contributed by atoms with Crippen LogP contribution in [0.3, 0.4) is 0 Å². The van der Waals surface area contributed by atoms with Crippen molar-refractivity contribution >= 4 is 96.9 Å². The van der Waals surface area contributed by atoms with Gasteiger partial charge in [-0.3, -0.25) is 0 Å². The van der Waals surface area contributed by atoms with E-state index in [4.69, 9.17) is 0 Å². The Balaban J connectivity index is 1.33. The number of benzene rings is 10. The lowest BCUT2D eigenvalue weighted by Crippen LogP contribution is -2.14. The van der Waals surface area contributed by atoms with Gasteiger partial charge in [-0.05, 0) is 108 Å². The van der Waals surface area contributed by atoms with E-state index in [2.05, 4.69) is 6.07 Å². The SMILES string of the molecule is N#Cc1c(-c2ccccc2)c(-n2c3ccc(C(F)(F)F)cc3c3cc(C(F)(F)F)ccc32)c(-n2c3ccccc3c3cc4sc5ccccc5c4cc32)c(-n2c3ccc(C(F)(F)F)cc3c3cc(C(F)(F)F)ccc32)c1-c1ccccc1. The highest BCUT2D eigenvalue weighted by atomic mass is 32.1. The van der Waals surface area contributed by atoms with Crippen LogP contribution in [0.25, 0.3) is 125 Å². The molecule has 0 fully saturated rings. The fourth-order valence-corrected chi connectivity index (χ4v) is 13.0. The monoisotopic (exact) mass is 1130 g/mol. The number of nitriles is 1. The van der Waals surface area contributed by atoms with Crippen LogP contribution in [-0.2, 0) is 24.7 Å². The topological polar surface area (TPSA) is 38.6 Å². The van der Waals surface area contributed by atoms with Crippen molar-refractivity contribution in [3.8, 4) is 45.4 Å². The largest absolute Gasteiger partial charge is 0.416 e. The van der Waals surface area contributed by atoms with Crippen LogP contribution in [0, 0.1) is 11.3 Å². The van der Waals surface area contributed by atoms with E-state index in [9.17, 15) is 57.9 Å². The van der Waals surface area contributed by atoms with Crippen molar-refractivity contribution in [1.82, 2.24) is 13.7 Å². The van der Waals surface area contributed by atoms with Crippen LogP contribution < -0.4 is 0 Å². The Hall–Kier alpha value is -9.53. The van der Waals surface area contributed by atoms with Crippen LogP contribution in [0.4, 0.5) is 52.7 Å². The minimum Gasteiger partial charge on any atom is -0.306 e. The minimum absolute atomic E-state index is 0.0173. The second kappa shape index (κ2) is 17.7. The number of thiophene rings is 1. The van der Waals surface area contributed by atoms with E-state index in [-0.39, 0.29) is 77.4 Å². The summed E-state index contributed by atoms with van der Waals surface area (Å²) in [5.41, 5.74) is -2.87. The van der Waals surface area contributed by atoms with Crippen LogP contribution in [0.15, 0.2) is 194 Å². The molecule has 14 aromatic rings. The number of nitrogens with zero attached hydrogens (tertiary/aromatic N) is 4. The number of hydrogen-bond donors (Lipinski definition) is 0. The number of aromatic nitrogens is 3. The maximum absolute atomic E-state index is 14.9. The zero-order valence-electron chi connectivity index (χ0n) is 41.7. The van der Waals surface area contributed by atoms with Crippen molar-refractivity contribution in [2.45, 2.75) is 24.7 Å². The quantitative estimate of drug-likeness (QED) is 0.158. The van der Waals surface area contributed by atoms with Crippen molar-refractivity contribution in [2.75, 3.05) is 0 Å². The summed E-state index contributed by atoms with van der Waals surface area (Å²) in [5.74, 6) is 0. The predicted molar refractivity (Wildman–Crippen MR) is 298 cm³/mol. The Morgan fingerprint density at radius 1 is 0.305 bits per heavy atom. The lowest BCUT2D eigenvalue weighted by molar-refractivity contribution is -0.138. The number of para-hydroxylation sites is 1. The molecule has 402 valence electrons. The van der Waals surface area contributed by atoms with E-state index in [1.54, 1.807) is 66.7 Å². The Bertz CT molecular complexity index is 4690. The number of hydrogen-bond acceptors (Lipinski definition) is 2. The van der Waals surface area contributed by atoms with Crippen LogP contribution in [-0.4, -0.2) is 13.7 Å². The van der Waals surface area contributed by atoms with Gasteiger partial charge in [0.1, 0.15) is 6.07 Å². The molecular formula is C65H32F12N4S. The molecule has 14 rings (SSSR count). The molecule has 4 aromatic heterocycles. The van der Waals surface area contributed by atoms with Gasteiger partial charge in [0.15, 0.2) is 0 Å². The highest BCUT2D eigenvalue weighted by Crippen LogP contribution is 2.54. The Labute approximate surface area is 458 Å². The maximum atomic E-state index is 14.9. The third-order valence-electron chi connectivity index (χ3n) is 15.3. The first-order valence-corrected chi connectivity index (χ1v) is 26.1. The number of rotatable bonds is 5. The molecule has 0 aliphatic rings. The van der Waals surface area contributed by atoms with Gasteiger partial charge in [-0.1, -0.05) is 97.1 Å². The first kappa shape index (κ1) is 50.7. The first-order valence-electron chi connectivity index (χ1n) is 25.2. The average molecular weight is 1130 g/mol. The van der Waals surface area contributed by atoms with E-state index in [1.165, 1.54) is 20.5 Å². The van der Waals surface area contributed by atoms with E-state index < -0.39 is 47.0 Å². The molecule has 0 aliphatic heterocycles. The van der Waals surface area contributed by atoms with Gasteiger partial charge in [-0.25, -0.2) is 0 Å². The van der Waals surface area contributed by atoms with Gasteiger partial charge in [0.25, 0.3) is 0 Å². The molecule has 0 amide bonds.